The molecular formula is C13H11ClFNO3S2. The normalized spacial score (nSPS) is 12.9. The van der Waals surface area contributed by atoms with Gasteiger partial charge in [0.1, 0.15) is 10.0 Å². The Bertz CT molecular complexity index is 773. The highest BCUT2D eigenvalue weighted by atomic mass is 35.7. The number of halogens is 2. The van der Waals surface area contributed by atoms with E-state index in [1.165, 1.54) is 24.3 Å². The number of amides is 1. The Morgan fingerprint density at radius 1 is 1.29 bits per heavy atom. The zero-order valence-electron chi connectivity index (χ0n) is 10.8. The quantitative estimate of drug-likeness (QED) is 0.863. The van der Waals surface area contributed by atoms with E-state index in [-0.39, 0.29) is 9.77 Å². The number of hydrogen-bond acceptors (Lipinski definition) is 4. The van der Waals surface area contributed by atoms with Crippen molar-refractivity contribution in [1.29, 1.82) is 0 Å². The highest BCUT2D eigenvalue weighted by Gasteiger charge is 2.19. The maximum atomic E-state index is 13.5. The molecule has 0 saturated carbocycles. The van der Waals surface area contributed by atoms with Crippen LogP contribution in [0.25, 0.3) is 0 Å². The molecule has 1 N–H and O–H groups in total. The molecule has 0 spiro atoms. The molecule has 21 heavy (non-hydrogen) atoms. The molecule has 0 aliphatic heterocycles. The van der Waals surface area contributed by atoms with E-state index in [1.807, 2.05) is 0 Å². The summed E-state index contributed by atoms with van der Waals surface area (Å²) < 4.78 is 35.9. The largest absolute Gasteiger partial charge is 0.345 e. The van der Waals surface area contributed by atoms with E-state index in [1.54, 1.807) is 19.1 Å². The van der Waals surface area contributed by atoms with Crippen LogP contribution in [-0.4, -0.2) is 14.3 Å². The molecule has 1 aromatic heterocycles. The zero-order chi connectivity index (χ0) is 15.6. The van der Waals surface area contributed by atoms with Crippen molar-refractivity contribution in [2.24, 2.45) is 0 Å². The third kappa shape index (κ3) is 3.81. The second-order valence-electron chi connectivity index (χ2n) is 4.27. The Kier molecular flexibility index (Phi) is 4.65. The van der Waals surface area contributed by atoms with Gasteiger partial charge >= 0.3 is 0 Å². The number of thiophene rings is 1. The number of carbonyl (C=O) groups is 1. The number of nitrogens with one attached hydrogen (secondary N) is 1. The molecule has 0 saturated heterocycles. The van der Waals surface area contributed by atoms with Gasteiger partial charge in [-0.05, 0) is 31.2 Å². The molecule has 1 atom stereocenters. The monoisotopic (exact) mass is 347 g/mol. The predicted molar refractivity (Wildman–Crippen MR) is 79.6 cm³/mol. The molecule has 1 aromatic carbocycles. The van der Waals surface area contributed by atoms with Gasteiger partial charge in [-0.25, -0.2) is 12.8 Å². The van der Waals surface area contributed by atoms with Crippen LogP contribution in [0, 0.1) is 5.82 Å². The van der Waals surface area contributed by atoms with Gasteiger partial charge in [0.15, 0.2) is 0 Å². The second-order valence-corrected chi connectivity index (χ2v) is 8.18. The molecule has 0 aliphatic carbocycles. The van der Waals surface area contributed by atoms with Crippen molar-refractivity contribution in [3.05, 3.63) is 52.7 Å². The molecule has 8 heteroatoms. The summed E-state index contributed by atoms with van der Waals surface area (Å²) in [7, 11) is 1.46. The molecule has 0 aliphatic rings. The molecule has 2 aromatic rings. The van der Waals surface area contributed by atoms with Crippen LogP contribution in [0.2, 0.25) is 0 Å². The SMILES string of the molecule is CC(NC(=O)c1ccccc1F)c1ccc(S(=O)(=O)Cl)s1. The Labute approximate surface area is 130 Å². The summed E-state index contributed by atoms with van der Waals surface area (Å²) in [5, 5.41) is 2.61. The first-order valence-corrected chi connectivity index (χ1v) is 9.01. The molecule has 2 rings (SSSR count). The summed E-state index contributed by atoms with van der Waals surface area (Å²) in [4.78, 5) is 12.6. The van der Waals surface area contributed by atoms with E-state index in [2.05, 4.69) is 5.32 Å². The number of carbonyl (C=O) groups excluding carboxylic acids is 1. The maximum absolute atomic E-state index is 13.5. The highest BCUT2D eigenvalue weighted by Crippen LogP contribution is 2.28. The van der Waals surface area contributed by atoms with Crippen LogP contribution in [0.5, 0.6) is 0 Å². The summed E-state index contributed by atoms with van der Waals surface area (Å²) in [6.07, 6.45) is 0. The van der Waals surface area contributed by atoms with E-state index in [9.17, 15) is 17.6 Å². The van der Waals surface area contributed by atoms with Crippen molar-refractivity contribution < 1.29 is 17.6 Å². The molecule has 0 bridgehead atoms. The van der Waals surface area contributed by atoms with Crippen molar-refractivity contribution in [3.63, 3.8) is 0 Å². The van der Waals surface area contributed by atoms with Gasteiger partial charge in [0.25, 0.3) is 15.0 Å². The molecule has 1 unspecified atom stereocenters. The Morgan fingerprint density at radius 2 is 1.95 bits per heavy atom. The third-order valence-corrected chi connectivity index (χ3v) is 6.10. The lowest BCUT2D eigenvalue weighted by Gasteiger charge is -2.12. The summed E-state index contributed by atoms with van der Waals surface area (Å²) in [5.74, 6) is -1.18. The maximum Gasteiger partial charge on any atom is 0.270 e. The van der Waals surface area contributed by atoms with E-state index in [0.29, 0.717) is 4.88 Å². The smallest absolute Gasteiger partial charge is 0.270 e. The van der Waals surface area contributed by atoms with Gasteiger partial charge < -0.3 is 5.32 Å². The van der Waals surface area contributed by atoms with Crippen LogP contribution in [0.15, 0.2) is 40.6 Å². The minimum Gasteiger partial charge on any atom is -0.345 e. The lowest BCUT2D eigenvalue weighted by atomic mass is 10.2. The number of benzene rings is 1. The van der Waals surface area contributed by atoms with E-state index >= 15 is 0 Å². The summed E-state index contributed by atoms with van der Waals surface area (Å²) in [5.41, 5.74) is -0.0638. The van der Waals surface area contributed by atoms with Crippen LogP contribution in [0.4, 0.5) is 4.39 Å². The van der Waals surface area contributed by atoms with Crippen LogP contribution in [0.3, 0.4) is 0 Å². The number of rotatable bonds is 4. The standard InChI is InChI=1S/C13H11ClFNO3S2/c1-8(11-6-7-12(20-11)21(14,18)19)16-13(17)9-4-2-3-5-10(9)15/h2-8H,1H3,(H,16,17). The lowest BCUT2D eigenvalue weighted by Crippen LogP contribution is -2.26. The van der Waals surface area contributed by atoms with Gasteiger partial charge in [-0.3, -0.25) is 4.79 Å². The minimum atomic E-state index is -3.78. The topological polar surface area (TPSA) is 63.2 Å². The van der Waals surface area contributed by atoms with Crippen molar-refractivity contribution in [1.82, 2.24) is 5.32 Å². The predicted octanol–water partition coefficient (Wildman–Crippen LogP) is 3.31. The fourth-order valence-electron chi connectivity index (χ4n) is 1.69. The average Bonchev–Trinajstić information content (AvgIpc) is 2.88. The molecule has 0 fully saturated rings. The van der Waals surface area contributed by atoms with Gasteiger partial charge in [0.05, 0.1) is 11.6 Å². The van der Waals surface area contributed by atoms with Crippen LogP contribution >= 0.6 is 22.0 Å². The number of hydrogen-bond donors (Lipinski definition) is 1. The Morgan fingerprint density at radius 3 is 2.52 bits per heavy atom. The van der Waals surface area contributed by atoms with Gasteiger partial charge in [0, 0.05) is 15.6 Å². The van der Waals surface area contributed by atoms with Crippen molar-refractivity contribution in [2.45, 2.75) is 17.2 Å². The van der Waals surface area contributed by atoms with E-state index in [0.717, 1.165) is 11.3 Å². The molecule has 0 radical (unpaired) electrons. The molecule has 1 heterocycles. The first-order valence-electron chi connectivity index (χ1n) is 5.89. The van der Waals surface area contributed by atoms with Crippen molar-refractivity contribution >= 4 is 37.0 Å². The second kappa shape index (κ2) is 6.13. The summed E-state index contributed by atoms with van der Waals surface area (Å²) >= 11 is 0.961. The van der Waals surface area contributed by atoms with Crippen molar-refractivity contribution in [2.75, 3.05) is 0 Å². The van der Waals surface area contributed by atoms with E-state index < -0.39 is 26.8 Å². The highest BCUT2D eigenvalue weighted by molar-refractivity contribution is 8.15. The third-order valence-electron chi connectivity index (χ3n) is 2.74. The average molecular weight is 348 g/mol. The minimum absolute atomic E-state index is 0.00570. The Hall–Kier alpha value is -1.44. The van der Waals surface area contributed by atoms with Crippen LogP contribution < -0.4 is 5.32 Å². The molecule has 112 valence electrons. The van der Waals surface area contributed by atoms with Gasteiger partial charge in [0.2, 0.25) is 0 Å². The fourth-order valence-corrected chi connectivity index (χ4v) is 3.78. The molecular weight excluding hydrogens is 337 g/mol. The Balaban J connectivity index is 2.15. The first kappa shape index (κ1) is 15.9. The lowest BCUT2D eigenvalue weighted by molar-refractivity contribution is 0.0936. The van der Waals surface area contributed by atoms with E-state index in [4.69, 9.17) is 10.7 Å². The first-order chi connectivity index (χ1) is 9.79. The fraction of sp³-hybridized carbons (Fsp3) is 0.154. The zero-order valence-corrected chi connectivity index (χ0v) is 13.2. The van der Waals surface area contributed by atoms with Gasteiger partial charge in [-0.2, -0.15) is 0 Å². The summed E-state index contributed by atoms with van der Waals surface area (Å²) in [6.45, 7) is 1.68. The van der Waals surface area contributed by atoms with Gasteiger partial charge in [-0.1, -0.05) is 12.1 Å². The van der Waals surface area contributed by atoms with Crippen LogP contribution in [0.1, 0.15) is 28.2 Å². The molecule has 1 amide bonds. The molecule has 4 nitrogen and oxygen atoms in total. The summed E-state index contributed by atoms with van der Waals surface area (Å²) in [6, 6.07) is 8.09. The van der Waals surface area contributed by atoms with Crippen LogP contribution in [-0.2, 0) is 9.05 Å². The van der Waals surface area contributed by atoms with Crippen molar-refractivity contribution in [3.8, 4) is 0 Å². The van der Waals surface area contributed by atoms with Gasteiger partial charge in [-0.15, -0.1) is 11.3 Å².